The third-order valence-electron chi connectivity index (χ3n) is 3.57. The van der Waals surface area contributed by atoms with Crippen molar-refractivity contribution in [3.63, 3.8) is 0 Å². The highest BCUT2D eigenvalue weighted by Crippen LogP contribution is 2.22. The highest BCUT2D eigenvalue weighted by atomic mass is 16.1. The molecule has 110 valence electrons. The summed E-state index contributed by atoms with van der Waals surface area (Å²) >= 11 is 0. The SMILES string of the molecule is CCCNc1cc(N2CCCC(C(=O)NC)C2)ncn1. The number of nitrogens with one attached hydrogen (secondary N) is 2. The van der Waals surface area contributed by atoms with Gasteiger partial charge in [0.25, 0.3) is 0 Å². The number of anilines is 2. The smallest absolute Gasteiger partial charge is 0.224 e. The van der Waals surface area contributed by atoms with Gasteiger partial charge in [-0.3, -0.25) is 4.79 Å². The Kier molecular flexibility index (Phi) is 5.15. The van der Waals surface area contributed by atoms with Crippen molar-refractivity contribution in [3.8, 4) is 0 Å². The van der Waals surface area contributed by atoms with Crippen LogP contribution in [0.15, 0.2) is 12.4 Å². The molecule has 1 aliphatic rings. The van der Waals surface area contributed by atoms with Crippen LogP contribution in [-0.2, 0) is 4.79 Å². The van der Waals surface area contributed by atoms with Crippen LogP contribution in [-0.4, -0.2) is 42.6 Å². The van der Waals surface area contributed by atoms with E-state index >= 15 is 0 Å². The molecular formula is C14H23N5O. The van der Waals surface area contributed by atoms with Crippen LogP contribution in [0.3, 0.4) is 0 Å². The van der Waals surface area contributed by atoms with E-state index in [0.717, 1.165) is 50.5 Å². The summed E-state index contributed by atoms with van der Waals surface area (Å²) < 4.78 is 0. The predicted octanol–water partition coefficient (Wildman–Crippen LogP) is 1.26. The molecule has 1 aromatic rings. The first-order valence-electron chi connectivity index (χ1n) is 7.27. The van der Waals surface area contributed by atoms with Gasteiger partial charge in [0.2, 0.25) is 5.91 Å². The molecular weight excluding hydrogens is 254 g/mol. The zero-order chi connectivity index (χ0) is 14.4. The summed E-state index contributed by atoms with van der Waals surface area (Å²) in [6.45, 7) is 4.69. The van der Waals surface area contributed by atoms with Crippen LogP contribution < -0.4 is 15.5 Å². The summed E-state index contributed by atoms with van der Waals surface area (Å²) in [5.41, 5.74) is 0. The molecule has 0 spiro atoms. The van der Waals surface area contributed by atoms with Gasteiger partial charge in [0.05, 0.1) is 5.92 Å². The largest absolute Gasteiger partial charge is 0.370 e. The van der Waals surface area contributed by atoms with Crippen molar-refractivity contribution in [2.24, 2.45) is 5.92 Å². The van der Waals surface area contributed by atoms with Gasteiger partial charge in [-0.15, -0.1) is 0 Å². The highest BCUT2D eigenvalue weighted by Gasteiger charge is 2.25. The van der Waals surface area contributed by atoms with E-state index in [4.69, 9.17) is 0 Å². The third-order valence-corrected chi connectivity index (χ3v) is 3.57. The quantitative estimate of drug-likeness (QED) is 0.848. The Morgan fingerprint density at radius 2 is 2.35 bits per heavy atom. The van der Waals surface area contributed by atoms with Gasteiger partial charge in [-0.25, -0.2) is 9.97 Å². The van der Waals surface area contributed by atoms with E-state index < -0.39 is 0 Å². The van der Waals surface area contributed by atoms with Gasteiger partial charge in [-0.05, 0) is 19.3 Å². The molecule has 0 saturated carbocycles. The molecule has 1 saturated heterocycles. The van der Waals surface area contributed by atoms with Gasteiger partial charge in [0, 0.05) is 32.7 Å². The van der Waals surface area contributed by atoms with Crippen molar-refractivity contribution in [3.05, 3.63) is 12.4 Å². The van der Waals surface area contributed by atoms with Gasteiger partial charge in [0.15, 0.2) is 0 Å². The molecule has 6 nitrogen and oxygen atoms in total. The van der Waals surface area contributed by atoms with E-state index in [1.54, 1.807) is 13.4 Å². The molecule has 1 amide bonds. The van der Waals surface area contributed by atoms with Crippen molar-refractivity contribution < 1.29 is 4.79 Å². The van der Waals surface area contributed by atoms with Crippen molar-refractivity contribution in [1.82, 2.24) is 15.3 Å². The fourth-order valence-electron chi connectivity index (χ4n) is 2.47. The number of hydrogen-bond acceptors (Lipinski definition) is 5. The lowest BCUT2D eigenvalue weighted by Gasteiger charge is -2.32. The Balaban J connectivity index is 2.04. The van der Waals surface area contributed by atoms with Crippen molar-refractivity contribution >= 4 is 17.5 Å². The van der Waals surface area contributed by atoms with Crippen LogP contribution in [0, 0.1) is 5.92 Å². The lowest BCUT2D eigenvalue weighted by molar-refractivity contribution is -0.124. The number of rotatable bonds is 5. The molecule has 2 rings (SSSR count). The third kappa shape index (κ3) is 3.59. The number of aromatic nitrogens is 2. The van der Waals surface area contributed by atoms with Crippen LogP contribution in [0.2, 0.25) is 0 Å². The van der Waals surface area contributed by atoms with Gasteiger partial charge in [-0.2, -0.15) is 0 Å². The second-order valence-electron chi connectivity index (χ2n) is 5.09. The van der Waals surface area contributed by atoms with Crippen LogP contribution in [0.1, 0.15) is 26.2 Å². The highest BCUT2D eigenvalue weighted by molar-refractivity contribution is 5.79. The van der Waals surface area contributed by atoms with Gasteiger partial charge >= 0.3 is 0 Å². The maximum Gasteiger partial charge on any atom is 0.224 e. The minimum Gasteiger partial charge on any atom is -0.370 e. The van der Waals surface area contributed by atoms with Gasteiger partial charge in [-0.1, -0.05) is 6.92 Å². The molecule has 1 fully saturated rings. The Morgan fingerprint density at radius 3 is 3.10 bits per heavy atom. The molecule has 0 bridgehead atoms. The summed E-state index contributed by atoms with van der Waals surface area (Å²) in [5, 5.41) is 6.00. The van der Waals surface area contributed by atoms with E-state index in [1.807, 2.05) is 6.07 Å². The first kappa shape index (κ1) is 14.6. The minimum atomic E-state index is 0.0516. The second-order valence-corrected chi connectivity index (χ2v) is 5.09. The summed E-state index contributed by atoms with van der Waals surface area (Å²) in [6, 6.07) is 1.96. The van der Waals surface area contributed by atoms with Crippen molar-refractivity contribution in [1.29, 1.82) is 0 Å². The molecule has 20 heavy (non-hydrogen) atoms. The standard InChI is InChI=1S/C14H23N5O/c1-3-6-16-12-8-13(18-10-17-12)19-7-4-5-11(9-19)14(20)15-2/h8,10-11H,3-7,9H2,1-2H3,(H,15,20)(H,16,17,18). The number of piperidine rings is 1. The lowest BCUT2D eigenvalue weighted by atomic mass is 9.97. The predicted molar refractivity (Wildman–Crippen MR) is 79.8 cm³/mol. The average molecular weight is 277 g/mol. The van der Waals surface area contributed by atoms with Crippen molar-refractivity contribution in [2.45, 2.75) is 26.2 Å². The number of carbonyl (C=O) groups excluding carboxylic acids is 1. The fourth-order valence-corrected chi connectivity index (χ4v) is 2.47. The van der Waals surface area contributed by atoms with E-state index in [-0.39, 0.29) is 11.8 Å². The Bertz CT molecular complexity index is 451. The Hall–Kier alpha value is -1.85. The molecule has 1 aromatic heterocycles. The molecule has 1 aliphatic heterocycles. The van der Waals surface area contributed by atoms with E-state index in [0.29, 0.717) is 0 Å². The molecule has 0 radical (unpaired) electrons. The molecule has 2 N–H and O–H groups in total. The number of hydrogen-bond donors (Lipinski definition) is 2. The minimum absolute atomic E-state index is 0.0516. The van der Waals surface area contributed by atoms with E-state index in [9.17, 15) is 4.79 Å². The van der Waals surface area contributed by atoms with Crippen LogP contribution >= 0.6 is 0 Å². The first-order chi connectivity index (χ1) is 9.74. The van der Waals surface area contributed by atoms with Gasteiger partial charge in [0.1, 0.15) is 18.0 Å². The first-order valence-corrected chi connectivity index (χ1v) is 7.27. The normalized spacial score (nSPS) is 18.7. The molecule has 0 aromatic carbocycles. The average Bonchev–Trinajstić information content (AvgIpc) is 2.52. The summed E-state index contributed by atoms with van der Waals surface area (Å²) in [4.78, 5) is 22.5. The lowest BCUT2D eigenvalue weighted by Crippen LogP contribution is -2.42. The van der Waals surface area contributed by atoms with Crippen LogP contribution in [0.4, 0.5) is 11.6 Å². The molecule has 0 aliphatic carbocycles. The maximum absolute atomic E-state index is 11.8. The molecule has 1 atom stereocenters. The van der Waals surface area contributed by atoms with Gasteiger partial charge < -0.3 is 15.5 Å². The van der Waals surface area contributed by atoms with Crippen LogP contribution in [0.25, 0.3) is 0 Å². The van der Waals surface area contributed by atoms with Crippen molar-refractivity contribution in [2.75, 3.05) is 36.9 Å². The zero-order valence-corrected chi connectivity index (χ0v) is 12.2. The second kappa shape index (κ2) is 7.07. The number of nitrogens with zero attached hydrogens (tertiary/aromatic N) is 3. The molecule has 2 heterocycles. The molecule has 1 unspecified atom stereocenters. The van der Waals surface area contributed by atoms with Crippen LogP contribution in [0.5, 0.6) is 0 Å². The number of amides is 1. The van der Waals surface area contributed by atoms with E-state index in [1.165, 1.54) is 0 Å². The summed E-state index contributed by atoms with van der Waals surface area (Å²) in [7, 11) is 1.69. The number of carbonyl (C=O) groups is 1. The maximum atomic E-state index is 11.8. The Morgan fingerprint density at radius 1 is 1.50 bits per heavy atom. The Labute approximate surface area is 120 Å². The molecule has 6 heteroatoms. The van der Waals surface area contributed by atoms with E-state index in [2.05, 4.69) is 32.4 Å². The zero-order valence-electron chi connectivity index (χ0n) is 12.2. The fraction of sp³-hybridized carbons (Fsp3) is 0.643. The summed E-state index contributed by atoms with van der Waals surface area (Å²) in [6.07, 6.45) is 4.60. The monoisotopic (exact) mass is 277 g/mol. The topological polar surface area (TPSA) is 70.2 Å². The summed E-state index contributed by atoms with van der Waals surface area (Å²) in [5.74, 6) is 1.91.